The Morgan fingerprint density at radius 2 is 2.06 bits per heavy atom. The average molecular weight is 226 g/mol. The number of rotatable bonds is 6. The molecule has 0 aromatic heterocycles. The van der Waals surface area contributed by atoms with Gasteiger partial charge in [-0.25, -0.2) is 0 Å². The fourth-order valence-electron chi connectivity index (χ4n) is 2.80. The second-order valence-electron chi connectivity index (χ2n) is 5.53. The van der Waals surface area contributed by atoms with Crippen LogP contribution in [-0.4, -0.2) is 36.1 Å². The highest BCUT2D eigenvalue weighted by Gasteiger charge is 2.22. The summed E-state index contributed by atoms with van der Waals surface area (Å²) in [5, 5.41) is 3.66. The molecule has 2 nitrogen and oxygen atoms in total. The summed E-state index contributed by atoms with van der Waals surface area (Å²) in [7, 11) is 0. The van der Waals surface area contributed by atoms with Crippen molar-refractivity contribution in [2.24, 2.45) is 0 Å². The van der Waals surface area contributed by atoms with Crippen LogP contribution in [0.1, 0.15) is 59.8 Å². The van der Waals surface area contributed by atoms with Gasteiger partial charge >= 0.3 is 0 Å². The standard InChI is InChI=1S/C14H30N2/c1-5-8-12(2)15-11-14(4)16-10-7-6-9-13(16)3/h12-15H,5-11H2,1-4H3. The molecular formula is C14H30N2. The Morgan fingerprint density at radius 3 is 2.69 bits per heavy atom. The summed E-state index contributed by atoms with van der Waals surface area (Å²) in [6.07, 6.45) is 6.77. The van der Waals surface area contributed by atoms with Gasteiger partial charge in [-0.3, -0.25) is 4.90 Å². The zero-order valence-electron chi connectivity index (χ0n) is 11.6. The Labute approximate surface area is 102 Å². The quantitative estimate of drug-likeness (QED) is 0.749. The third-order valence-corrected chi connectivity index (χ3v) is 3.90. The van der Waals surface area contributed by atoms with E-state index in [0.29, 0.717) is 12.1 Å². The predicted octanol–water partition coefficient (Wildman–Crippen LogP) is 3.03. The van der Waals surface area contributed by atoms with Crippen LogP contribution in [-0.2, 0) is 0 Å². The highest BCUT2D eigenvalue weighted by Crippen LogP contribution is 2.18. The number of nitrogens with one attached hydrogen (secondary N) is 1. The summed E-state index contributed by atoms with van der Waals surface area (Å²) >= 11 is 0. The van der Waals surface area contributed by atoms with Crippen molar-refractivity contribution in [3.63, 3.8) is 0 Å². The van der Waals surface area contributed by atoms with Gasteiger partial charge in [0.1, 0.15) is 0 Å². The lowest BCUT2D eigenvalue weighted by Gasteiger charge is -2.38. The van der Waals surface area contributed by atoms with E-state index in [0.717, 1.165) is 12.6 Å². The lowest BCUT2D eigenvalue weighted by Crippen LogP contribution is -2.48. The van der Waals surface area contributed by atoms with Crippen LogP contribution in [0.4, 0.5) is 0 Å². The van der Waals surface area contributed by atoms with Crippen LogP contribution < -0.4 is 5.32 Å². The Bertz CT molecular complexity index is 182. The van der Waals surface area contributed by atoms with E-state index in [1.54, 1.807) is 0 Å². The Hall–Kier alpha value is -0.0800. The summed E-state index contributed by atoms with van der Waals surface area (Å²) in [5.74, 6) is 0. The van der Waals surface area contributed by atoms with E-state index in [1.165, 1.54) is 38.6 Å². The molecule has 16 heavy (non-hydrogen) atoms. The molecule has 1 heterocycles. The molecule has 0 saturated carbocycles. The summed E-state index contributed by atoms with van der Waals surface area (Å²) in [6, 6.07) is 2.15. The van der Waals surface area contributed by atoms with Gasteiger partial charge in [0, 0.05) is 24.7 Å². The number of likely N-dealkylation sites (tertiary alicyclic amines) is 1. The summed E-state index contributed by atoms with van der Waals surface area (Å²) in [4.78, 5) is 2.68. The highest BCUT2D eigenvalue weighted by molar-refractivity contribution is 4.79. The second-order valence-corrected chi connectivity index (χ2v) is 5.53. The normalized spacial score (nSPS) is 26.6. The van der Waals surface area contributed by atoms with Gasteiger partial charge in [-0.2, -0.15) is 0 Å². The minimum absolute atomic E-state index is 0.674. The first kappa shape index (κ1) is 14.0. The third-order valence-electron chi connectivity index (χ3n) is 3.90. The molecule has 1 saturated heterocycles. The van der Waals surface area contributed by atoms with Crippen LogP contribution in [0, 0.1) is 0 Å². The van der Waals surface area contributed by atoms with Gasteiger partial charge in [-0.05, 0) is 46.6 Å². The molecule has 0 bridgehead atoms. The zero-order chi connectivity index (χ0) is 12.0. The summed E-state index contributed by atoms with van der Waals surface area (Å²) < 4.78 is 0. The van der Waals surface area contributed by atoms with Gasteiger partial charge in [0.2, 0.25) is 0 Å². The van der Waals surface area contributed by atoms with Gasteiger partial charge < -0.3 is 5.32 Å². The molecule has 96 valence electrons. The lowest BCUT2D eigenvalue weighted by molar-refractivity contribution is 0.111. The van der Waals surface area contributed by atoms with E-state index in [2.05, 4.69) is 37.9 Å². The van der Waals surface area contributed by atoms with Gasteiger partial charge in [0.25, 0.3) is 0 Å². The van der Waals surface area contributed by atoms with Crippen molar-refractivity contribution in [2.45, 2.75) is 77.9 Å². The number of hydrogen-bond acceptors (Lipinski definition) is 2. The molecule has 0 aliphatic carbocycles. The van der Waals surface area contributed by atoms with Gasteiger partial charge in [0.05, 0.1) is 0 Å². The van der Waals surface area contributed by atoms with Crippen molar-refractivity contribution in [1.82, 2.24) is 10.2 Å². The average Bonchev–Trinajstić information content (AvgIpc) is 2.27. The smallest absolute Gasteiger partial charge is 0.0195 e. The molecule has 1 fully saturated rings. The molecule has 2 heteroatoms. The van der Waals surface area contributed by atoms with E-state index < -0.39 is 0 Å². The molecular weight excluding hydrogens is 196 g/mol. The van der Waals surface area contributed by atoms with Crippen LogP contribution in [0.15, 0.2) is 0 Å². The van der Waals surface area contributed by atoms with E-state index in [-0.39, 0.29) is 0 Å². The van der Waals surface area contributed by atoms with E-state index in [4.69, 9.17) is 0 Å². The van der Waals surface area contributed by atoms with E-state index in [9.17, 15) is 0 Å². The number of piperidine rings is 1. The Balaban J connectivity index is 2.25. The molecule has 0 aromatic carbocycles. The maximum Gasteiger partial charge on any atom is 0.0195 e. The Kier molecular flexibility index (Phi) is 6.37. The van der Waals surface area contributed by atoms with Crippen molar-refractivity contribution in [2.75, 3.05) is 13.1 Å². The summed E-state index contributed by atoms with van der Waals surface area (Å²) in [5.41, 5.74) is 0. The molecule has 1 rings (SSSR count). The molecule has 0 aromatic rings. The highest BCUT2D eigenvalue weighted by atomic mass is 15.2. The molecule has 0 amide bonds. The van der Waals surface area contributed by atoms with Crippen LogP contribution >= 0.6 is 0 Å². The van der Waals surface area contributed by atoms with Crippen molar-refractivity contribution in [1.29, 1.82) is 0 Å². The van der Waals surface area contributed by atoms with Crippen molar-refractivity contribution < 1.29 is 0 Å². The maximum absolute atomic E-state index is 3.66. The zero-order valence-corrected chi connectivity index (χ0v) is 11.6. The van der Waals surface area contributed by atoms with Crippen molar-refractivity contribution >= 4 is 0 Å². The SMILES string of the molecule is CCCC(C)NCC(C)N1CCCCC1C. The van der Waals surface area contributed by atoms with Crippen LogP contribution in [0.3, 0.4) is 0 Å². The predicted molar refractivity (Wildman–Crippen MR) is 71.9 cm³/mol. The maximum atomic E-state index is 3.66. The molecule has 3 atom stereocenters. The van der Waals surface area contributed by atoms with Crippen LogP contribution in [0.25, 0.3) is 0 Å². The first-order valence-electron chi connectivity index (χ1n) is 7.14. The Morgan fingerprint density at radius 1 is 1.31 bits per heavy atom. The lowest BCUT2D eigenvalue weighted by atomic mass is 10.0. The molecule has 3 unspecified atom stereocenters. The third kappa shape index (κ3) is 4.42. The molecule has 1 aliphatic heterocycles. The van der Waals surface area contributed by atoms with Crippen molar-refractivity contribution in [3.05, 3.63) is 0 Å². The summed E-state index contributed by atoms with van der Waals surface area (Å²) in [6.45, 7) is 11.8. The first-order valence-corrected chi connectivity index (χ1v) is 7.14. The minimum atomic E-state index is 0.674. The second kappa shape index (κ2) is 7.29. The monoisotopic (exact) mass is 226 g/mol. The van der Waals surface area contributed by atoms with Gasteiger partial charge in [-0.15, -0.1) is 0 Å². The minimum Gasteiger partial charge on any atom is -0.313 e. The number of nitrogens with zero attached hydrogens (tertiary/aromatic N) is 1. The van der Waals surface area contributed by atoms with Crippen LogP contribution in [0.5, 0.6) is 0 Å². The first-order chi connectivity index (χ1) is 7.65. The molecule has 1 N–H and O–H groups in total. The van der Waals surface area contributed by atoms with Gasteiger partial charge in [-0.1, -0.05) is 19.8 Å². The molecule has 0 spiro atoms. The largest absolute Gasteiger partial charge is 0.313 e. The topological polar surface area (TPSA) is 15.3 Å². The molecule has 1 aliphatic rings. The van der Waals surface area contributed by atoms with Gasteiger partial charge in [0.15, 0.2) is 0 Å². The van der Waals surface area contributed by atoms with E-state index in [1.807, 2.05) is 0 Å². The fraction of sp³-hybridized carbons (Fsp3) is 1.00. The fourth-order valence-corrected chi connectivity index (χ4v) is 2.80. The van der Waals surface area contributed by atoms with E-state index >= 15 is 0 Å². The van der Waals surface area contributed by atoms with Crippen molar-refractivity contribution in [3.8, 4) is 0 Å². The molecule has 0 radical (unpaired) electrons. The van der Waals surface area contributed by atoms with Crippen LogP contribution in [0.2, 0.25) is 0 Å². The number of hydrogen-bond donors (Lipinski definition) is 1.